The Morgan fingerprint density at radius 2 is 1.11 bits per heavy atom. The van der Waals surface area contributed by atoms with E-state index in [1.165, 1.54) is 24.3 Å². The van der Waals surface area contributed by atoms with Gasteiger partial charge in [-0.3, -0.25) is 0 Å². The van der Waals surface area contributed by atoms with Crippen LogP contribution in [0.15, 0.2) is 182 Å². The van der Waals surface area contributed by atoms with Gasteiger partial charge in [0.15, 0.2) is 17.2 Å². The molecule has 0 radical (unpaired) electrons. The fourth-order valence-corrected chi connectivity index (χ4v) is 8.63. The van der Waals surface area contributed by atoms with Gasteiger partial charge in [-0.1, -0.05) is 133 Å². The molecule has 0 N–H and O–H groups in total. The van der Waals surface area contributed by atoms with Gasteiger partial charge < -0.3 is 4.57 Å². The number of hydrogen-bond acceptors (Lipinski definition) is 3. The van der Waals surface area contributed by atoms with E-state index in [2.05, 4.69) is 26.4 Å². The van der Waals surface area contributed by atoms with Crippen LogP contribution in [0.2, 0.25) is 0 Å². The quantitative estimate of drug-likeness (QED) is 0.150. The molecule has 8 aromatic carbocycles. The van der Waals surface area contributed by atoms with Gasteiger partial charge in [0.05, 0.1) is 52.9 Å². The monoisotopic (exact) mass is 858 g/mol. The number of halogens is 3. The lowest BCUT2D eigenvalue weighted by Gasteiger charge is -2.21. The molecule has 0 spiro atoms. The summed E-state index contributed by atoms with van der Waals surface area (Å²) in [6.45, 7) is 17.6. The highest BCUT2D eigenvalue weighted by Crippen LogP contribution is 2.46. The first-order valence-corrected chi connectivity index (χ1v) is 20.9. The maximum Gasteiger partial charge on any atom is 0.416 e. The molecule has 0 unspecified atom stereocenters. The number of alkyl halides is 3. The van der Waals surface area contributed by atoms with Crippen molar-refractivity contribution in [2.45, 2.75) is 13.1 Å². The maximum absolute atomic E-state index is 14.2. The number of aromatic nitrogens is 3. The summed E-state index contributed by atoms with van der Waals surface area (Å²) in [5, 5.41) is 11.9. The molecule has 9 heteroatoms. The van der Waals surface area contributed by atoms with Crippen LogP contribution in [0.25, 0.3) is 104 Å². The van der Waals surface area contributed by atoms with E-state index < -0.39 is 11.7 Å². The van der Waals surface area contributed by atoms with Crippen LogP contribution >= 0.6 is 0 Å². The van der Waals surface area contributed by atoms with Gasteiger partial charge in [0.2, 0.25) is 0 Å². The molecule has 10 aromatic rings. The summed E-state index contributed by atoms with van der Waals surface area (Å²) in [5.74, 6) is 0.434. The van der Waals surface area contributed by atoms with Crippen LogP contribution in [0.3, 0.4) is 0 Å². The van der Waals surface area contributed by atoms with Gasteiger partial charge in [0, 0.05) is 49.7 Å². The molecule has 66 heavy (non-hydrogen) atoms. The fourth-order valence-electron chi connectivity index (χ4n) is 8.63. The van der Waals surface area contributed by atoms with Crippen molar-refractivity contribution in [3.63, 3.8) is 0 Å². The summed E-state index contributed by atoms with van der Waals surface area (Å²) in [5.41, 5.74) is 11.0. The normalized spacial score (nSPS) is 11.3. The summed E-state index contributed by atoms with van der Waals surface area (Å²) >= 11 is 0. The SMILES string of the molecule is [C-]#[N+]c1cc(C#N)c(-c2ccc3c(c2)c2ccccc2n3-c2c(-c3ccc(C)cc3)cc(-c3nc(-c4ccccc4)cc(-c4ccccc4)n3)cc2-c2ccc(C(F)(F)F)cc2)c([N+]#[C-])c1. The van der Waals surface area contributed by atoms with Crippen LogP contribution in [0.1, 0.15) is 16.7 Å². The Morgan fingerprint density at radius 3 is 1.68 bits per heavy atom. The van der Waals surface area contributed by atoms with Gasteiger partial charge in [0.1, 0.15) is 0 Å². The predicted octanol–water partition coefficient (Wildman–Crippen LogP) is 15.9. The van der Waals surface area contributed by atoms with Crippen LogP contribution in [0.5, 0.6) is 0 Å². The topological polar surface area (TPSA) is 63.2 Å². The fraction of sp³-hybridized carbons (Fsp3) is 0.0351. The van der Waals surface area contributed by atoms with E-state index in [1.807, 2.05) is 146 Å². The molecular weight excluding hydrogens is 826 g/mol. The molecule has 0 aliphatic rings. The maximum atomic E-state index is 14.2. The summed E-state index contributed by atoms with van der Waals surface area (Å²) < 4.78 is 44.6. The lowest BCUT2D eigenvalue weighted by Crippen LogP contribution is -2.05. The minimum atomic E-state index is -4.55. The summed E-state index contributed by atoms with van der Waals surface area (Å²) in [7, 11) is 0. The number of nitrogens with zero attached hydrogens (tertiary/aromatic N) is 6. The molecule has 6 nitrogen and oxygen atoms in total. The van der Waals surface area contributed by atoms with Gasteiger partial charge in [-0.05, 0) is 78.2 Å². The van der Waals surface area contributed by atoms with Gasteiger partial charge in [-0.25, -0.2) is 19.7 Å². The Balaban J connectivity index is 1.31. The van der Waals surface area contributed by atoms with Crippen LogP contribution in [0, 0.1) is 31.4 Å². The summed E-state index contributed by atoms with van der Waals surface area (Å²) in [6, 6.07) is 57.9. The van der Waals surface area contributed by atoms with E-state index in [0.29, 0.717) is 50.7 Å². The summed E-state index contributed by atoms with van der Waals surface area (Å²) in [4.78, 5) is 17.6. The van der Waals surface area contributed by atoms with E-state index in [4.69, 9.17) is 23.1 Å². The molecule has 0 saturated carbocycles. The van der Waals surface area contributed by atoms with Crippen LogP contribution in [-0.4, -0.2) is 14.5 Å². The third-order valence-corrected chi connectivity index (χ3v) is 11.8. The van der Waals surface area contributed by atoms with Gasteiger partial charge in [-0.2, -0.15) is 18.4 Å². The third kappa shape index (κ3) is 7.39. The molecule has 0 aliphatic heterocycles. The predicted molar refractivity (Wildman–Crippen MR) is 256 cm³/mol. The molecule has 2 aromatic heterocycles. The van der Waals surface area contributed by atoms with Crippen molar-refractivity contribution < 1.29 is 13.2 Å². The van der Waals surface area contributed by atoms with E-state index in [9.17, 15) is 18.4 Å². The molecule has 0 atom stereocenters. The number of hydrogen-bond donors (Lipinski definition) is 0. The van der Waals surface area contributed by atoms with E-state index >= 15 is 0 Å². The lowest BCUT2D eigenvalue weighted by molar-refractivity contribution is -0.137. The first-order chi connectivity index (χ1) is 32.1. The minimum Gasteiger partial charge on any atom is -0.308 e. The first-order valence-electron chi connectivity index (χ1n) is 20.9. The van der Waals surface area contributed by atoms with Gasteiger partial charge in [-0.15, -0.1) is 0 Å². The van der Waals surface area contributed by atoms with Gasteiger partial charge >= 0.3 is 6.18 Å². The third-order valence-electron chi connectivity index (χ3n) is 11.8. The smallest absolute Gasteiger partial charge is 0.308 e. The Kier molecular flexibility index (Phi) is 10.3. The van der Waals surface area contributed by atoms with Crippen LogP contribution in [0.4, 0.5) is 24.5 Å². The van der Waals surface area contributed by atoms with Crippen molar-refractivity contribution in [3.8, 4) is 79.0 Å². The number of aryl methyl sites for hydroxylation is 1. The Morgan fingerprint density at radius 1 is 0.545 bits per heavy atom. The molecule has 0 amide bonds. The molecule has 0 saturated heterocycles. The van der Waals surface area contributed by atoms with Crippen molar-refractivity contribution >= 4 is 33.2 Å². The average Bonchev–Trinajstić information content (AvgIpc) is 3.69. The van der Waals surface area contributed by atoms with Crippen molar-refractivity contribution in [1.29, 1.82) is 5.26 Å². The summed E-state index contributed by atoms with van der Waals surface area (Å²) in [6.07, 6.45) is -4.55. The van der Waals surface area contributed by atoms with Crippen molar-refractivity contribution in [2.75, 3.05) is 0 Å². The number of benzene rings is 8. The van der Waals surface area contributed by atoms with Crippen molar-refractivity contribution in [2.24, 2.45) is 0 Å². The first kappa shape index (κ1) is 40.9. The zero-order valence-corrected chi connectivity index (χ0v) is 35.1. The number of rotatable bonds is 7. The second kappa shape index (κ2) is 16.5. The molecule has 10 rings (SSSR count). The van der Waals surface area contributed by atoms with E-state index in [1.54, 1.807) is 0 Å². The zero-order chi connectivity index (χ0) is 45.5. The van der Waals surface area contributed by atoms with Crippen molar-refractivity contribution in [1.82, 2.24) is 14.5 Å². The number of para-hydroxylation sites is 1. The molecular formula is C57H33F3N6. The highest BCUT2D eigenvalue weighted by Gasteiger charge is 2.31. The Bertz CT molecular complexity index is 3560. The Labute approximate surface area is 378 Å². The number of fused-ring (bicyclic) bond motifs is 3. The van der Waals surface area contributed by atoms with E-state index in [0.717, 1.165) is 61.8 Å². The standard InChI is InChI=1S/C57H33F3N6/c1-35-18-20-36(21-19-35)46-30-41(56-64-49(38-12-6-4-7-13-38)33-50(65-56)39-14-8-5-9-15-39)31-47(37-22-25-43(26-23-37)57(58,59)60)55(46)66-52-17-11-10-16-45(52)48-29-40(24-27-53(48)66)54-42(34-61)28-44(62-2)32-51(54)63-3/h4-33H,1H3. The molecule has 0 bridgehead atoms. The number of nitriles is 1. The van der Waals surface area contributed by atoms with Crippen LogP contribution < -0.4 is 0 Å². The zero-order valence-electron chi connectivity index (χ0n) is 35.1. The largest absolute Gasteiger partial charge is 0.416 e. The van der Waals surface area contributed by atoms with E-state index in [-0.39, 0.29) is 16.9 Å². The highest BCUT2D eigenvalue weighted by atomic mass is 19.4. The molecule has 0 aliphatic carbocycles. The second-order valence-corrected chi connectivity index (χ2v) is 15.9. The minimum absolute atomic E-state index is 0.193. The average molecular weight is 859 g/mol. The molecule has 312 valence electrons. The Hall–Kier alpha value is -9.10. The lowest BCUT2D eigenvalue weighted by atomic mass is 9.91. The highest BCUT2D eigenvalue weighted by molar-refractivity contribution is 6.12. The van der Waals surface area contributed by atoms with Gasteiger partial charge in [0.25, 0.3) is 0 Å². The molecule has 2 heterocycles. The van der Waals surface area contributed by atoms with Crippen molar-refractivity contribution in [3.05, 3.63) is 222 Å². The molecule has 0 fully saturated rings. The van der Waals surface area contributed by atoms with Crippen LogP contribution in [-0.2, 0) is 6.18 Å². The second-order valence-electron chi connectivity index (χ2n) is 15.9.